The second-order valence-electron chi connectivity index (χ2n) is 6.68. The third-order valence-electron chi connectivity index (χ3n) is 4.88. The zero-order valence-corrected chi connectivity index (χ0v) is 13.2. The molecule has 1 fully saturated rings. The largest absolute Gasteiger partial charge is 0.335 e. The molecule has 0 saturated heterocycles. The second-order valence-corrected chi connectivity index (χ2v) is 6.68. The van der Waals surface area contributed by atoms with Crippen molar-refractivity contribution >= 4 is 0 Å². The molecule has 0 amide bonds. The van der Waals surface area contributed by atoms with Crippen LogP contribution in [-0.4, -0.2) is 11.8 Å². The van der Waals surface area contributed by atoms with Gasteiger partial charge in [0.2, 0.25) is 0 Å². The summed E-state index contributed by atoms with van der Waals surface area (Å²) in [4.78, 5) is 0. The molecule has 1 saturated carbocycles. The molecule has 0 bridgehead atoms. The van der Waals surface area contributed by atoms with E-state index in [1.807, 2.05) is 6.08 Å². The predicted molar refractivity (Wildman–Crippen MR) is 81.2 cm³/mol. The third-order valence-corrected chi connectivity index (χ3v) is 4.88. The molecule has 124 valence electrons. The van der Waals surface area contributed by atoms with Crippen molar-refractivity contribution in [3.8, 4) is 0 Å². The van der Waals surface area contributed by atoms with Crippen molar-refractivity contribution in [1.82, 2.24) is 0 Å². The van der Waals surface area contributed by atoms with Crippen molar-refractivity contribution in [2.24, 2.45) is 11.8 Å². The van der Waals surface area contributed by atoms with Gasteiger partial charge in [-0.05, 0) is 44.4 Å². The normalized spacial score (nSPS) is 31.0. The second kappa shape index (κ2) is 6.59. The number of alkyl halides is 4. The monoisotopic (exact) mass is 316 g/mol. The van der Waals surface area contributed by atoms with Gasteiger partial charge in [-0.25, -0.2) is 0 Å². The van der Waals surface area contributed by atoms with Crippen LogP contribution in [0.2, 0.25) is 0 Å². The van der Waals surface area contributed by atoms with E-state index in [4.69, 9.17) is 0 Å². The minimum atomic E-state index is -4.07. The topological polar surface area (TPSA) is 0 Å². The fourth-order valence-corrected chi connectivity index (χ4v) is 3.13. The molecule has 0 unspecified atom stereocenters. The van der Waals surface area contributed by atoms with Crippen LogP contribution in [0.3, 0.4) is 0 Å². The quantitative estimate of drug-likeness (QED) is 0.421. The van der Waals surface area contributed by atoms with E-state index in [0.717, 1.165) is 37.8 Å². The Morgan fingerprint density at radius 1 is 1.05 bits per heavy atom. The molecule has 0 nitrogen and oxygen atoms in total. The molecular formula is C18H24F4. The molecule has 0 spiro atoms. The highest BCUT2D eigenvalue weighted by Crippen LogP contribution is 2.48. The minimum Gasteiger partial charge on any atom is -0.194 e. The van der Waals surface area contributed by atoms with Crippen LogP contribution in [0.4, 0.5) is 17.6 Å². The summed E-state index contributed by atoms with van der Waals surface area (Å²) in [6.07, 6.45) is 11.3. The number of halogens is 4. The average molecular weight is 316 g/mol. The first-order valence-electron chi connectivity index (χ1n) is 8.06. The van der Waals surface area contributed by atoms with Crippen molar-refractivity contribution in [2.45, 2.75) is 64.2 Å². The van der Waals surface area contributed by atoms with E-state index >= 15 is 0 Å². The predicted octanol–water partition coefficient (Wildman–Crippen LogP) is 6.31. The highest BCUT2D eigenvalue weighted by Gasteiger charge is 2.60. The highest BCUT2D eigenvalue weighted by atomic mass is 19.3. The van der Waals surface area contributed by atoms with E-state index in [-0.39, 0.29) is 6.42 Å². The Balaban J connectivity index is 1.89. The summed E-state index contributed by atoms with van der Waals surface area (Å²) in [6.45, 7) is 3.29. The molecule has 0 heterocycles. The number of hydrogen-bond donors (Lipinski definition) is 0. The number of rotatable bonds is 4. The molecule has 0 N–H and O–H groups in total. The van der Waals surface area contributed by atoms with Gasteiger partial charge in [-0.3, -0.25) is 0 Å². The molecule has 0 aromatic rings. The van der Waals surface area contributed by atoms with E-state index in [9.17, 15) is 17.6 Å². The van der Waals surface area contributed by atoms with Crippen molar-refractivity contribution in [3.05, 3.63) is 35.5 Å². The summed E-state index contributed by atoms with van der Waals surface area (Å²) < 4.78 is 54.8. The molecule has 22 heavy (non-hydrogen) atoms. The van der Waals surface area contributed by atoms with Gasteiger partial charge >= 0.3 is 11.8 Å². The Morgan fingerprint density at radius 2 is 1.68 bits per heavy atom. The van der Waals surface area contributed by atoms with Crippen LogP contribution in [0.5, 0.6) is 0 Å². The Labute approximate surface area is 130 Å². The summed E-state index contributed by atoms with van der Waals surface area (Å²) in [7, 11) is 0. The smallest absolute Gasteiger partial charge is 0.194 e. The lowest BCUT2D eigenvalue weighted by atomic mass is 9.82. The van der Waals surface area contributed by atoms with Crippen LogP contribution < -0.4 is 0 Å². The molecule has 2 aliphatic carbocycles. The van der Waals surface area contributed by atoms with Crippen molar-refractivity contribution in [3.63, 3.8) is 0 Å². The van der Waals surface area contributed by atoms with E-state index in [2.05, 4.69) is 13.0 Å². The van der Waals surface area contributed by atoms with Gasteiger partial charge in [0.1, 0.15) is 0 Å². The highest BCUT2D eigenvalue weighted by molar-refractivity contribution is 5.36. The van der Waals surface area contributed by atoms with Gasteiger partial charge in [-0.15, -0.1) is 0 Å². The van der Waals surface area contributed by atoms with Gasteiger partial charge in [-0.2, -0.15) is 17.6 Å². The molecule has 4 heteroatoms. The first-order valence-corrected chi connectivity index (χ1v) is 8.06. The molecule has 0 atom stereocenters. The number of allylic oxidation sites excluding steroid dienone is 6. The number of hydrogen-bond acceptors (Lipinski definition) is 0. The fourth-order valence-electron chi connectivity index (χ4n) is 3.13. The van der Waals surface area contributed by atoms with Crippen LogP contribution in [0.1, 0.15) is 52.4 Å². The molecule has 0 aliphatic heterocycles. The summed E-state index contributed by atoms with van der Waals surface area (Å²) in [5.41, 5.74) is -1.04. The molecule has 0 radical (unpaired) electrons. The van der Waals surface area contributed by atoms with Crippen LogP contribution in [0.25, 0.3) is 0 Å². The summed E-state index contributed by atoms with van der Waals surface area (Å²) in [5.74, 6) is -6.85. The molecule has 2 aliphatic rings. The van der Waals surface area contributed by atoms with Gasteiger partial charge in [0.25, 0.3) is 0 Å². The van der Waals surface area contributed by atoms with Crippen LogP contribution in [-0.2, 0) is 0 Å². The lowest BCUT2D eigenvalue weighted by molar-refractivity contribution is -0.164. The van der Waals surface area contributed by atoms with Crippen LogP contribution in [0, 0.1) is 11.8 Å². The molecule has 0 aromatic heterocycles. The first kappa shape index (κ1) is 17.3. The first-order chi connectivity index (χ1) is 10.2. The lowest BCUT2D eigenvalue weighted by Gasteiger charge is -2.32. The van der Waals surface area contributed by atoms with Crippen LogP contribution in [0.15, 0.2) is 35.5 Å². The Morgan fingerprint density at radius 3 is 2.32 bits per heavy atom. The molecule has 2 rings (SSSR count). The zero-order valence-electron chi connectivity index (χ0n) is 13.2. The van der Waals surface area contributed by atoms with E-state index in [1.165, 1.54) is 12.8 Å². The third kappa shape index (κ3) is 3.47. The van der Waals surface area contributed by atoms with Gasteiger partial charge in [-0.1, -0.05) is 44.1 Å². The maximum absolute atomic E-state index is 13.8. The fraction of sp³-hybridized carbons (Fsp3) is 0.667. The Kier molecular flexibility index (Phi) is 5.18. The van der Waals surface area contributed by atoms with Crippen LogP contribution >= 0.6 is 0 Å². The SMILES string of the molecule is CC1=CC=C(CC/C=C/C2CCC(C)CC2)C(F)(F)C1(F)F. The maximum atomic E-state index is 13.8. The van der Waals surface area contributed by atoms with Gasteiger partial charge < -0.3 is 0 Å². The summed E-state index contributed by atoms with van der Waals surface area (Å²) in [6, 6.07) is 0. The van der Waals surface area contributed by atoms with Gasteiger partial charge in [0, 0.05) is 11.1 Å². The minimum absolute atomic E-state index is 0.0218. The van der Waals surface area contributed by atoms with Gasteiger partial charge in [0.05, 0.1) is 0 Å². The zero-order chi connectivity index (χ0) is 16.4. The standard InChI is InChI=1S/C18H24F4/c1-13-7-10-15(11-8-13)5-3-4-6-16-12-9-14(2)17(19,20)18(16,21)22/h3,5,9,12-13,15H,4,6-8,10-11H2,1-2H3/b5-3+. The molecular weight excluding hydrogens is 292 g/mol. The Hall–Kier alpha value is -1.06. The molecule has 0 aromatic carbocycles. The van der Waals surface area contributed by atoms with Crippen molar-refractivity contribution in [1.29, 1.82) is 0 Å². The summed E-state index contributed by atoms with van der Waals surface area (Å²) in [5, 5.41) is 0. The average Bonchev–Trinajstić information content (AvgIpc) is 2.46. The Bertz CT molecular complexity index is 477. The maximum Gasteiger partial charge on any atom is 0.335 e. The van der Waals surface area contributed by atoms with Crippen molar-refractivity contribution in [2.75, 3.05) is 0 Å². The van der Waals surface area contributed by atoms with Crippen molar-refractivity contribution < 1.29 is 17.6 Å². The lowest BCUT2D eigenvalue weighted by Crippen LogP contribution is -2.44. The van der Waals surface area contributed by atoms with Gasteiger partial charge in [0.15, 0.2) is 0 Å². The van der Waals surface area contributed by atoms with E-state index in [0.29, 0.717) is 12.3 Å². The summed E-state index contributed by atoms with van der Waals surface area (Å²) >= 11 is 0. The van der Waals surface area contributed by atoms with E-state index in [1.54, 1.807) is 0 Å². The van der Waals surface area contributed by atoms with E-state index < -0.39 is 23.0 Å².